The molecule has 1 aliphatic carbocycles. The van der Waals surface area contributed by atoms with Gasteiger partial charge in [0.1, 0.15) is 23.0 Å². The first-order valence-corrected chi connectivity index (χ1v) is 25.2. The number of methoxy groups -OCH3 is 4. The lowest BCUT2D eigenvalue weighted by Gasteiger charge is -2.37. The van der Waals surface area contributed by atoms with Crippen molar-refractivity contribution in [2.75, 3.05) is 28.4 Å². The molecule has 0 heterocycles. The Balaban J connectivity index is 2.25. The predicted molar refractivity (Wildman–Crippen MR) is 278 cm³/mol. The molecule has 8 bridgehead atoms. The van der Waals surface area contributed by atoms with E-state index in [9.17, 15) is 20.4 Å². The van der Waals surface area contributed by atoms with Crippen molar-refractivity contribution < 1.29 is 39.4 Å². The molecule has 0 aliphatic heterocycles. The highest BCUT2D eigenvalue weighted by Crippen LogP contribution is 2.53. The molecule has 0 amide bonds. The van der Waals surface area contributed by atoms with Crippen LogP contribution in [0.25, 0.3) is 0 Å². The number of hydrogen-bond acceptors (Lipinski definition) is 8. The van der Waals surface area contributed by atoms with Crippen molar-refractivity contribution in [1.82, 2.24) is 0 Å². The van der Waals surface area contributed by atoms with Crippen molar-refractivity contribution in [3.05, 3.63) is 115 Å². The van der Waals surface area contributed by atoms with Crippen LogP contribution in [0.15, 0.2) is 48.5 Å². The minimum absolute atomic E-state index is 0.228. The van der Waals surface area contributed by atoms with Gasteiger partial charge in [-0.05, 0) is 174 Å². The minimum atomic E-state index is -1.27. The monoisotopic (exact) mass is 937 g/mol. The molecule has 0 spiro atoms. The maximum Gasteiger partial charge on any atom is 0.123 e. The Morgan fingerprint density at radius 2 is 0.485 bits per heavy atom. The van der Waals surface area contributed by atoms with Gasteiger partial charge in [-0.25, -0.2) is 0 Å². The predicted octanol–water partition coefficient (Wildman–Crippen LogP) is 13.7. The fourth-order valence-electron chi connectivity index (χ4n) is 11.1. The third kappa shape index (κ3) is 11.7. The van der Waals surface area contributed by atoms with Gasteiger partial charge < -0.3 is 39.4 Å². The molecule has 4 N–H and O–H groups in total. The summed E-state index contributed by atoms with van der Waals surface area (Å²) in [6.07, 6.45) is 2.90. The average Bonchev–Trinajstić information content (AvgIpc) is 3.22. The van der Waals surface area contributed by atoms with E-state index in [4.69, 9.17) is 18.9 Å². The second-order valence-corrected chi connectivity index (χ2v) is 23.7. The first kappa shape index (κ1) is 54.9. The van der Waals surface area contributed by atoms with Crippen LogP contribution in [0.3, 0.4) is 0 Å². The Morgan fingerprint density at radius 3 is 0.603 bits per heavy atom. The Kier molecular flexibility index (Phi) is 16.7. The van der Waals surface area contributed by atoms with E-state index in [0.29, 0.717) is 23.0 Å². The van der Waals surface area contributed by atoms with Crippen LogP contribution in [-0.4, -0.2) is 48.9 Å². The maximum atomic E-state index is 12.3. The summed E-state index contributed by atoms with van der Waals surface area (Å²) in [5, 5.41) is 49.1. The van der Waals surface area contributed by atoms with E-state index < -0.39 is 22.4 Å². The van der Waals surface area contributed by atoms with E-state index >= 15 is 0 Å². The standard InChI is InChI=1S/C60H88O8/c1-33(2)21-37-41-25-46(54(66-18)29-49(41)57(9,10)61)39(23-35(5)6)43-27-48(56(68-20)31-51(43)59(13,14)63)40(24-36(7)8)44-28-47(55(67-19)32-52(44)60(15,16)64)38(22-34(3)4)42-26-45(37)53(65-17)30-50(42)58(11,12)62/h25-40,61-64H,21-24H2,1-20H3. The highest BCUT2D eigenvalue weighted by atomic mass is 16.5. The minimum Gasteiger partial charge on any atom is -0.496 e. The van der Waals surface area contributed by atoms with Crippen LogP contribution >= 0.6 is 0 Å². The van der Waals surface area contributed by atoms with Gasteiger partial charge in [0.2, 0.25) is 0 Å². The number of fused-ring (bicyclic) bond motifs is 8. The Hall–Kier alpha value is -4.08. The van der Waals surface area contributed by atoms with Gasteiger partial charge in [0.25, 0.3) is 0 Å². The molecule has 4 aromatic rings. The molecule has 0 radical (unpaired) electrons. The smallest absolute Gasteiger partial charge is 0.123 e. The molecule has 0 aromatic heterocycles. The fourth-order valence-corrected chi connectivity index (χ4v) is 11.1. The van der Waals surface area contributed by atoms with Gasteiger partial charge in [-0.3, -0.25) is 0 Å². The van der Waals surface area contributed by atoms with Crippen LogP contribution in [0.4, 0.5) is 0 Å². The third-order valence-electron chi connectivity index (χ3n) is 14.1. The SMILES string of the molecule is COc1cc(C(C)(C)O)c2cc1C(CC(C)C)c1cc(c(OC)cc1C(C)(C)O)C(CC(C)C)c1cc(c(OC)cc1C(C)(C)O)C(CC(C)C)c1cc(c(OC)cc1C(C)(C)O)C2CC(C)C. The molecule has 0 saturated heterocycles. The summed E-state index contributed by atoms with van der Waals surface area (Å²) < 4.78 is 25.7. The van der Waals surface area contributed by atoms with E-state index in [-0.39, 0.29) is 47.3 Å². The van der Waals surface area contributed by atoms with Gasteiger partial charge in [0.15, 0.2) is 0 Å². The van der Waals surface area contributed by atoms with Gasteiger partial charge >= 0.3 is 0 Å². The third-order valence-corrected chi connectivity index (χ3v) is 14.1. The van der Waals surface area contributed by atoms with Crippen molar-refractivity contribution in [1.29, 1.82) is 0 Å². The lowest BCUT2D eigenvalue weighted by molar-refractivity contribution is 0.0764. The van der Waals surface area contributed by atoms with Crippen LogP contribution in [0.5, 0.6) is 23.0 Å². The lowest BCUT2D eigenvalue weighted by atomic mass is 9.70. The number of rotatable bonds is 16. The van der Waals surface area contributed by atoms with E-state index in [1.807, 2.05) is 79.7 Å². The second kappa shape index (κ2) is 20.7. The van der Waals surface area contributed by atoms with Crippen molar-refractivity contribution in [2.45, 2.75) is 183 Å². The van der Waals surface area contributed by atoms with Gasteiger partial charge in [-0.2, -0.15) is 0 Å². The van der Waals surface area contributed by atoms with Crippen LogP contribution in [-0.2, 0) is 22.4 Å². The Labute approximate surface area is 410 Å². The molecule has 0 saturated carbocycles. The normalized spacial score (nSPS) is 18.2. The first-order chi connectivity index (χ1) is 31.4. The Morgan fingerprint density at radius 1 is 0.324 bits per heavy atom. The van der Waals surface area contributed by atoms with Crippen LogP contribution in [0, 0.1) is 23.7 Å². The molecule has 4 aromatic carbocycles. The summed E-state index contributed by atoms with van der Waals surface area (Å²) in [7, 11) is 6.80. The summed E-state index contributed by atoms with van der Waals surface area (Å²) >= 11 is 0. The molecule has 4 unspecified atom stereocenters. The zero-order valence-electron chi connectivity index (χ0n) is 45.5. The van der Waals surface area contributed by atoms with Crippen molar-refractivity contribution in [3.8, 4) is 23.0 Å². The largest absolute Gasteiger partial charge is 0.496 e. The molecule has 1 aliphatic rings. The van der Waals surface area contributed by atoms with Crippen molar-refractivity contribution in [2.24, 2.45) is 23.7 Å². The molecule has 376 valence electrons. The van der Waals surface area contributed by atoms with Gasteiger partial charge in [-0.15, -0.1) is 0 Å². The fraction of sp³-hybridized carbons (Fsp3) is 0.600. The van der Waals surface area contributed by atoms with Crippen LogP contribution < -0.4 is 18.9 Å². The summed E-state index contributed by atoms with van der Waals surface area (Å²) in [6.45, 7) is 32.6. The second-order valence-electron chi connectivity index (χ2n) is 23.7. The van der Waals surface area contributed by atoms with Gasteiger partial charge in [-0.1, -0.05) is 79.7 Å². The highest BCUT2D eigenvalue weighted by molar-refractivity contribution is 5.62. The summed E-state index contributed by atoms with van der Waals surface area (Å²) in [5.74, 6) is 2.44. The number of aliphatic hydroxyl groups is 4. The number of ether oxygens (including phenoxy) is 4. The average molecular weight is 937 g/mol. The Bertz CT molecular complexity index is 2040. The van der Waals surface area contributed by atoms with E-state index in [1.165, 1.54) is 0 Å². The number of benzene rings is 4. The lowest BCUT2D eigenvalue weighted by Crippen LogP contribution is -2.26. The first-order valence-electron chi connectivity index (χ1n) is 25.2. The molecule has 5 rings (SSSR count). The summed E-state index contributed by atoms with van der Waals surface area (Å²) in [4.78, 5) is 0. The summed E-state index contributed by atoms with van der Waals surface area (Å²) in [5.41, 5.74) is 5.65. The van der Waals surface area contributed by atoms with Crippen molar-refractivity contribution >= 4 is 0 Å². The van der Waals surface area contributed by atoms with E-state index in [1.54, 1.807) is 28.4 Å². The zero-order chi connectivity index (χ0) is 51.2. The number of hydrogen-bond donors (Lipinski definition) is 4. The highest BCUT2D eigenvalue weighted by Gasteiger charge is 2.39. The maximum absolute atomic E-state index is 12.3. The van der Waals surface area contributed by atoms with Crippen LogP contribution in [0.1, 0.15) is 227 Å². The molecular formula is C60H88O8. The van der Waals surface area contributed by atoms with Gasteiger partial charge in [0, 0.05) is 45.9 Å². The quantitative estimate of drug-likeness (QED) is 0.0877. The van der Waals surface area contributed by atoms with E-state index in [0.717, 1.165) is 92.4 Å². The molecule has 4 atom stereocenters. The molecule has 8 nitrogen and oxygen atoms in total. The molecule has 0 fully saturated rings. The topological polar surface area (TPSA) is 118 Å². The zero-order valence-corrected chi connectivity index (χ0v) is 45.5. The molecule has 68 heavy (non-hydrogen) atoms. The molecular weight excluding hydrogens is 849 g/mol. The van der Waals surface area contributed by atoms with Gasteiger partial charge in [0.05, 0.1) is 50.8 Å². The van der Waals surface area contributed by atoms with Crippen molar-refractivity contribution in [3.63, 3.8) is 0 Å². The molecule has 8 heteroatoms. The summed E-state index contributed by atoms with van der Waals surface area (Å²) in [6, 6.07) is 17.2. The van der Waals surface area contributed by atoms with E-state index in [2.05, 4.69) is 79.7 Å². The van der Waals surface area contributed by atoms with Crippen LogP contribution in [0.2, 0.25) is 0 Å².